The third kappa shape index (κ3) is 4.12. The fourth-order valence-electron chi connectivity index (χ4n) is 2.26. The fraction of sp³-hybridized carbons (Fsp3) is 0.294. The van der Waals surface area contributed by atoms with Gasteiger partial charge in [-0.25, -0.2) is 0 Å². The van der Waals surface area contributed by atoms with Gasteiger partial charge in [-0.3, -0.25) is 10.1 Å². The number of rotatable bonds is 7. The first kappa shape index (κ1) is 16.6. The normalized spacial score (nSPS) is 10.2. The van der Waals surface area contributed by atoms with E-state index in [4.69, 9.17) is 9.47 Å². The van der Waals surface area contributed by atoms with E-state index in [-0.39, 0.29) is 5.69 Å². The number of aryl methyl sites for hydroxylation is 1. The highest BCUT2D eigenvalue weighted by Crippen LogP contribution is 2.29. The van der Waals surface area contributed by atoms with Crippen molar-refractivity contribution in [2.24, 2.45) is 0 Å². The van der Waals surface area contributed by atoms with Crippen molar-refractivity contribution in [2.75, 3.05) is 19.0 Å². The predicted octanol–water partition coefficient (Wildman–Crippen LogP) is 3.92. The number of nitrogens with one attached hydrogen (secondary N) is 1. The summed E-state index contributed by atoms with van der Waals surface area (Å²) < 4.78 is 10.8. The molecule has 2 aromatic carbocycles. The summed E-state index contributed by atoms with van der Waals surface area (Å²) in [6.45, 7) is 4.91. The third-order valence-corrected chi connectivity index (χ3v) is 3.43. The largest absolute Gasteiger partial charge is 0.493 e. The van der Waals surface area contributed by atoms with Gasteiger partial charge in [-0.05, 0) is 43.2 Å². The predicted molar refractivity (Wildman–Crippen MR) is 89.3 cm³/mol. The van der Waals surface area contributed by atoms with Crippen LogP contribution in [-0.4, -0.2) is 18.6 Å². The molecule has 0 heterocycles. The average molecular weight is 316 g/mol. The Kier molecular flexibility index (Phi) is 5.41. The molecule has 1 N–H and O–H groups in total. The number of non-ortho nitro benzene ring substituents is 1. The van der Waals surface area contributed by atoms with E-state index in [1.54, 1.807) is 19.2 Å². The van der Waals surface area contributed by atoms with Crippen molar-refractivity contribution in [3.05, 3.63) is 57.6 Å². The maximum Gasteiger partial charge on any atom is 0.269 e. The van der Waals surface area contributed by atoms with Crippen LogP contribution in [0.25, 0.3) is 0 Å². The van der Waals surface area contributed by atoms with E-state index in [2.05, 4.69) is 5.32 Å². The molecule has 0 radical (unpaired) electrons. The molecule has 122 valence electrons. The van der Waals surface area contributed by atoms with Gasteiger partial charge < -0.3 is 14.8 Å². The SMILES string of the molecule is CCOc1cc(CNc2ccc([N+](=O)[O-])cc2C)ccc1OC. The molecule has 6 nitrogen and oxygen atoms in total. The van der Waals surface area contributed by atoms with Gasteiger partial charge in [-0.1, -0.05) is 6.07 Å². The first-order valence-corrected chi connectivity index (χ1v) is 7.33. The number of hydrogen-bond donors (Lipinski definition) is 1. The third-order valence-electron chi connectivity index (χ3n) is 3.43. The molecule has 2 aromatic rings. The van der Waals surface area contributed by atoms with E-state index in [0.717, 1.165) is 16.8 Å². The van der Waals surface area contributed by atoms with Crippen LogP contribution in [0.5, 0.6) is 11.5 Å². The first-order valence-electron chi connectivity index (χ1n) is 7.33. The van der Waals surface area contributed by atoms with Crippen LogP contribution in [-0.2, 0) is 6.54 Å². The topological polar surface area (TPSA) is 73.6 Å². The summed E-state index contributed by atoms with van der Waals surface area (Å²) in [4.78, 5) is 10.4. The quantitative estimate of drug-likeness (QED) is 0.619. The van der Waals surface area contributed by atoms with E-state index >= 15 is 0 Å². The van der Waals surface area contributed by atoms with Crippen molar-refractivity contribution in [2.45, 2.75) is 20.4 Å². The minimum atomic E-state index is -0.394. The molecule has 0 spiro atoms. The van der Waals surface area contributed by atoms with Crippen LogP contribution in [0, 0.1) is 17.0 Å². The summed E-state index contributed by atoms with van der Waals surface area (Å²) in [6, 6.07) is 10.5. The zero-order valence-corrected chi connectivity index (χ0v) is 13.5. The molecule has 0 aromatic heterocycles. The molecule has 6 heteroatoms. The molecule has 0 atom stereocenters. The Morgan fingerprint density at radius 3 is 2.57 bits per heavy atom. The zero-order chi connectivity index (χ0) is 16.8. The second-order valence-corrected chi connectivity index (χ2v) is 5.03. The number of hydrogen-bond acceptors (Lipinski definition) is 5. The number of benzene rings is 2. The molecule has 0 fully saturated rings. The van der Waals surface area contributed by atoms with Crippen LogP contribution in [0.1, 0.15) is 18.1 Å². The summed E-state index contributed by atoms with van der Waals surface area (Å²) in [5, 5.41) is 14.0. The van der Waals surface area contributed by atoms with Crippen molar-refractivity contribution in [1.82, 2.24) is 0 Å². The highest BCUT2D eigenvalue weighted by molar-refractivity contribution is 5.56. The fourth-order valence-corrected chi connectivity index (χ4v) is 2.26. The molecule has 0 bridgehead atoms. The Morgan fingerprint density at radius 1 is 1.17 bits per heavy atom. The second kappa shape index (κ2) is 7.49. The van der Waals surface area contributed by atoms with Gasteiger partial charge in [-0.15, -0.1) is 0 Å². The minimum Gasteiger partial charge on any atom is -0.493 e. The Labute approximate surface area is 135 Å². The van der Waals surface area contributed by atoms with Gasteiger partial charge in [0.1, 0.15) is 0 Å². The lowest BCUT2D eigenvalue weighted by atomic mass is 10.1. The summed E-state index contributed by atoms with van der Waals surface area (Å²) in [6.07, 6.45) is 0. The van der Waals surface area contributed by atoms with Crippen LogP contribution in [0.15, 0.2) is 36.4 Å². The standard InChI is InChI=1S/C17H20N2O4/c1-4-23-17-10-13(5-8-16(17)22-3)11-18-15-7-6-14(19(20)21)9-12(15)2/h5-10,18H,4,11H2,1-3H3. The molecule has 0 unspecified atom stereocenters. The van der Waals surface area contributed by atoms with Crippen molar-refractivity contribution in [3.8, 4) is 11.5 Å². The van der Waals surface area contributed by atoms with E-state index in [9.17, 15) is 10.1 Å². The second-order valence-electron chi connectivity index (χ2n) is 5.03. The number of nitrogens with zero attached hydrogens (tertiary/aromatic N) is 1. The van der Waals surface area contributed by atoms with Gasteiger partial charge in [0, 0.05) is 24.4 Å². The molecule has 0 saturated carbocycles. The molecule has 0 aliphatic rings. The van der Waals surface area contributed by atoms with Crippen LogP contribution >= 0.6 is 0 Å². The Balaban J connectivity index is 2.11. The Morgan fingerprint density at radius 2 is 1.96 bits per heavy atom. The first-order chi connectivity index (χ1) is 11.0. The molecular formula is C17H20N2O4. The summed E-state index contributed by atoms with van der Waals surface area (Å²) >= 11 is 0. The monoisotopic (exact) mass is 316 g/mol. The Hall–Kier alpha value is -2.76. The number of ether oxygens (including phenoxy) is 2. The van der Waals surface area contributed by atoms with Crippen LogP contribution in [0.2, 0.25) is 0 Å². The summed E-state index contributed by atoms with van der Waals surface area (Å²) in [7, 11) is 1.61. The van der Waals surface area contributed by atoms with E-state index in [1.165, 1.54) is 6.07 Å². The van der Waals surface area contributed by atoms with Gasteiger partial charge in [0.15, 0.2) is 11.5 Å². The van der Waals surface area contributed by atoms with Crippen molar-refractivity contribution >= 4 is 11.4 Å². The van der Waals surface area contributed by atoms with E-state index in [0.29, 0.717) is 24.7 Å². The average Bonchev–Trinajstić information content (AvgIpc) is 2.54. The van der Waals surface area contributed by atoms with Gasteiger partial charge >= 0.3 is 0 Å². The van der Waals surface area contributed by atoms with Crippen molar-refractivity contribution in [1.29, 1.82) is 0 Å². The summed E-state index contributed by atoms with van der Waals surface area (Å²) in [5.74, 6) is 1.40. The van der Waals surface area contributed by atoms with Crippen LogP contribution in [0.3, 0.4) is 0 Å². The van der Waals surface area contributed by atoms with E-state index < -0.39 is 4.92 Å². The number of nitro groups is 1. The molecule has 0 aliphatic heterocycles. The maximum absolute atomic E-state index is 10.8. The maximum atomic E-state index is 10.8. The molecule has 0 saturated heterocycles. The molecule has 0 amide bonds. The lowest BCUT2D eigenvalue weighted by molar-refractivity contribution is -0.384. The number of anilines is 1. The minimum absolute atomic E-state index is 0.0936. The highest BCUT2D eigenvalue weighted by Gasteiger charge is 2.09. The van der Waals surface area contributed by atoms with Gasteiger partial charge in [0.25, 0.3) is 5.69 Å². The van der Waals surface area contributed by atoms with Crippen LogP contribution in [0.4, 0.5) is 11.4 Å². The zero-order valence-electron chi connectivity index (χ0n) is 13.5. The van der Waals surface area contributed by atoms with E-state index in [1.807, 2.05) is 32.0 Å². The highest BCUT2D eigenvalue weighted by atomic mass is 16.6. The smallest absolute Gasteiger partial charge is 0.269 e. The molecule has 23 heavy (non-hydrogen) atoms. The lowest BCUT2D eigenvalue weighted by Gasteiger charge is -2.13. The number of nitro benzene ring substituents is 1. The summed E-state index contributed by atoms with van der Waals surface area (Å²) in [5.41, 5.74) is 2.82. The number of methoxy groups -OCH3 is 1. The van der Waals surface area contributed by atoms with Gasteiger partial charge in [0.05, 0.1) is 18.6 Å². The lowest BCUT2D eigenvalue weighted by Crippen LogP contribution is -2.03. The van der Waals surface area contributed by atoms with Crippen LogP contribution < -0.4 is 14.8 Å². The molecular weight excluding hydrogens is 296 g/mol. The Bertz CT molecular complexity index is 701. The molecule has 0 aliphatic carbocycles. The van der Waals surface area contributed by atoms with Gasteiger partial charge in [0.2, 0.25) is 0 Å². The van der Waals surface area contributed by atoms with Gasteiger partial charge in [-0.2, -0.15) is 0 Å². The molecule has 2 rings (SSSR count). The van der Waals surface area contributed by atoms with Crippen molar-refractivity contribution in [3.63, 3.8) is 0 Å². The van der Waals surface area contributed by atoms with Crippen molar-refractivity contribution < 1.29 is 14.4 Å².